The molecule has 11 rings (SSSR count). The molecule has 57 heteroatoms. The number of ether oxygens (including phenoxy) is 10. The Labute approximate surface area is 714 Å². The average Bonchev–Trinajstić information content (AvgIpc) is 1.63. The Balaban J connectivity index is 0.820. The average molecular weight is 1930 g/mol. The Hall–Kier alpha value is -5.15. The summed E-state index contributed by atoms with van der Waals surface area (Å²) in [4.78, 5) is 151. The summed E-state index contributed by atoms with van der Waals surface area (Å²) in [6.07, 6.45) is -13.9. The quantitative estimate of drug-likeness (QED) is 0.0130. The van der Waals surface area contributed by atoms with Gasteiger partial charge in [0.2, 0.25) is 17.5 Å². The number of hydrogen-bond acceptors (Lipinski definition) is 40. The second-order valence-corrected chi connectivity index (χ2v) is 42.4. The molecule has 5 saturated heterocycles. The molecular formula is C63H92BrN17O30P4S5. The van der Waals surface area contributed by atoms with Gasteiger partial charge in [0, 0.05) is 76.9 Å². The minimum Gasteiger partial charge on any atom is -0.394 e. The van der Waals surface area contributed by atoms with Crippen LogP contribution in [-0.4, -0.2) is 252 Å². The van der Waals surface area contributed by atoms with Crippen LogP contribution in [0.2, 0.25) is 0 Å². The van der Waals surface area contributed by atoms with E-state index in [9.17, 15) is 53.2 Å². The van der Waals surface area contributed by atoms with Crippen LogP contribution in [0.25, 0.3) is 11.2 Å². The number of imidazole rings is 1. The number of aromatic nitrogens is 12. The lowest BCUT2D eigenvalue weighted by atomic mass is 9.89. The summed E-state index contributed by atoms with van der Waals surface area (Å²) in [5.41, 5.74) is 13.7. The second-order valence-electron chi connectivity index (χ2n) is 27.7. The van der Waals surface area contributed by atoms with Crippen molar-refractivity contribution in [2.24, 2.45) is 17.6 Å². The first-order valence-electron chi connectivity index (χ1n) is 36.9. The molecule has 0 bridgehead atoms. The zero-order valence-electron chi connectivity index (χ0n) is 64.6. The smallest absolute Gasteiger partial charge is 0.351 e. The number of nitrogen functional groups attached to an aromatic ring is 3. The Morgan fingerprint density at radius 1 is 0.617 bits per heavy atom. The van der Waals surface area contributed by atoms with Crippen molar-refractivity contribution < 1.29 is 108 Å². The van der Waals surface area contributed by atoms with E-state index in [1.165, 1.54) is 67.3 Å². The summed E-state index contributed by atoms with van der Waals surface area (Å²) in [5, 5.41) is 13.2. The van der Waals surface area contributed by atoms with Gasteiger partial charge in [-0.25, -0.2) is 24.2 Å². The standard InChI is InChI=1S/C63H92BrN17O30P4S5/c1-31(2)33-20-45(77-11-6-42(66)71-60(77)87)103-38(33)26-101-114(118,98-19-18-97-17-16-96-15-10-69-44(83)8-13-95-14-9-65)108-35-21-46(79-23-32(3)54(84)75-62(79)89)104-40(35)28-102-115(119,120)109-36-22-47(81-30-70-48-53(81)73-59(68)74-56(48)86)105-39(36)27-99-112(91,116)111-50-41(107-57(52(50)94-5)78-12-7-43(67)72-61(78)88)29-100-113(92,117)110-49-37(25-82)106-58(51(49)93-4)80-24-34(64)55(85)76-63(80)90/h6-7,11-12,23-24,30-31,33,35-41,45-47,49-52,57-58,82H,8-10,13-22,25-29,65H2,1-5H3,(H,69,83)(H,91,116)(H,92,117)(H,119,120)(H2,66,71,87)(H2,67,72,88)(H,75,84,89)(H,76,85,90)(H3,68,73,74,86)/t33?,35?,36?,37-,38-,39-,40-,41-,45-,46-,47-,49?,50?,51+,52+,57-,58-,112?,113?,114?/m1/s1. The third kappa shape index (κ3) is 24.5. The molecule has 5 aliphatic rings. The number of thiol groups is 1. The predicted octanol–water partition coefficient (Wildman–Crippen LogP) is -0.546. The van der Waals surface area contributed by atoms with E-state index < -0.39 is 190 Å². The lowest BCUT2D eigenvalue weighted by Gasteiger charge is -2.30. The van der Waals surface area contributed by atoms with E-state index in [1.807, 2.05) is 13.8 Å². The summed E-state index contributed by atoms with van der Waals surface area (Å²) < 4.78 is 123. The van der Waals surface area contributed by atoms with Gasteiger partial charge in [0.1, 0.15) is 79.2 Å². The van der Waals surface area contributed by atoms with E-state index in [4.69, 9.17) is 170 Å². The number of halogens is 1. The van der Waals surface area contributed by atoms with Gasteiger partial charge in [0.25, 0.3) is 16.7 Å². The fourth-order valence-corrected chi connectivity index (χ4v) is 20.9. The first kappa shape index (κ1) is 95.5. The van der Waals surface area contributed by atoms with Crippen molar-refractivity contribution in [2.45, 2.75) is 145 Å². The third-order valence-electron chi connectivity index (χ3n) is 19.3. The number of carbonyl (C=O) groups is 1. The molecule has 47 nitrogen and oxygen atoms in total. The largest absolute Gasteiger partial charge is 0.394 e. The molecule has 21 atom stereocenters. The number of fused-ring (bicyclic) bond motifs is 1. The van der Waals surface area contributed by atoms with Gasteiger partial charge in [0.15, 0.2) is 23.6 Å². The van der Waals surface area contributed by atoms with Crippen molar-refractivity contribution in [1.82, 2.24) is 63.0 Å². The van der Waals surface area contributed by atoms with Crippen LogP contribution < -0.4 is 67.7 Å². The lowest BCUT2D eigenvalue weighted by molar-refractivity contribution is -0.122. The van der Waals surface area contributed by atoms with E-state index in [0.717, 1.165) is 19.9 Å². The van der Waals surface area contributed by atoms with E-state index >= 15 is 0 Å². The van der Waals surface area contributed by atoms with Crippen LogP contribution >= 0.6 is 54.0 Å². The number of aliphatic hydroxyl groups excluding tert-OH is 1. The van der Waals surface area contributed by atoms with Gasteiger partial charge in [0.05, 0.1) is 108 Å². The molecule has 120 heavy (non-hydrogen) atoms. The Kier molecular flexibility index (Phi) is 33.8. The van der Waals surface area contributed by atoms with Crippen LogP contribution in [0.3, 0.4) is 0 Å². The van der Waals surface area contributed by atoms with Crippen molar-refractivity contribution in [3.8, 4) is 0 Å². The minimum atomic E-state index is -4.73. The van der Waals surface area contributed by atoms with Gasteiger partial charge < -0.3 is 122 Å². The maximum atomic E-state index is 13.7. The normalized spacial score (nSPS) is 27.8. The van der Waals surface area contributed by atoms with Gasteiger partial charge in [-0.1, -0.05) is 26.1 Å². The highest BCUT2D eigenvalue weighted by Crippen LogP contribution is 2.60. The van der Waals surface area contributed by atoms with Crippen LogP contribution in [0.15, 0.2) is 81.3 Å². The monoisotopic (exact) mass is 1930 g/mol. The van der Waals surface area contributed by atoms with E-state index in [-0.39, 0.29) is 129 Å². The van der Waals surface area contributed by atoms with E-state index in [1.54, 1.807) is 0 Å². The van der Waals surface area contributed by atoms with Crippen molar-refractivity contribution in [1.29, 1.82) is 0 Å². The second kappa shape index (κ2) is 42.4. The predicted molar refractivity (Wildman–Crippen MR) is 443 cm³/mol. The molecule has 5 aliphatic heterocycles. The molecule has 666 valence electrons. The summed E-state index contributed by atoms with van der Waals surface area (Å²) in [6.45, 7) is -9.72. The summed E-state index contributed by atoms with van der Waals surface area (Å²) >= 11 is 31.4. The van der Waals surface area contributed by atoms with Crippen LogP contribution in [0, 0.1) is 18.8 Å². The number of aryl methyl sites for hydroxylation is 1. The number of aromatic amines is 3. The van der Waals surface area contributed by atoms with Gasteiger partial charge >= 0.3 is 42.9 Å². The molecule has 6 aromatic rings. The number of nitrogens with one attached hydrogen (secondary N) is 4. The van der Waals surface area contributed by atoms with E-state index in [2.05, 4.69) is 56.1 Å². The molecule has 0 aromatic carbocycles. The fraction of sp³-hybridized carbons (Fsp3) is 0.651. The summed E-state index contributed by atoms with van der Waals surface area (Å²) in [5.74, 6) is -0.888. The van der Waals surface area contributed by atoms with Crippen LogP contribution in [0.5, 0.6) is 0 Å². The topological polar surface area (TPSA) is 612 Å². The number of rotatable bonds is 44. The van der Waals surface area contributed by atoms with Gasteiger partial charge in [-0.05, 0) is 100 Å². The van der Waals surface area contributed by atoms with Gasteiger partial charge in [-0.2, -0.15) is 15.0 Å². The number of amides is 1. The number of methoxy groups -OCH3 is 2. The molecule has 9 unspecified atom stereocenters. The fourth-order valence-electron chi connectivity index (χ4n) is 13.6. The molecule has 0 radical (unpaired) electrons. The lowest BCUT2D eigenvalue weighted by Crippen LogP contribution is -2.40. The highest BCUT2D eigenvalue weighted by Gasteiger charge is 2.54. The first-order chi connectivity index (χ1) is 57.0. The molecule has 0 spiro atoms. The number of H-pyrrole nitrogens is 3. The highest BCUT2D eigenvalue weighted by molar-refractivity contribution is 9.10. The number of carbonyl (C=O) groups excluding carboxylic acids is 1. The van der Waals surface area contributed by atoms with Gasteiger partial charge in [-0.3, -0.25) is 66.0 Å². The molecule has 0 saturated carbocycles. The van der Waals surface area contributed by atoms with Crippen LogP contribution in [-0.2, 0) is 140 Å². The zero-order valence-corrected chi connectivity index (χ0v) is 73.9. The summed E-state index contributed by atoms with van der Waals surface area (Å²) in [6, 6.07) is 2.75. The molecule has 6 aromatic heterocycles. The van der Waals surface area contributed by atoms with Crippen LogP contribution in [0.1, 0.15) is 76.2 Å². The molecular weight excluding hydrogens is 1840 g/mol. The van der Waals surface area contributed by atoms with Crippen molar-refractivity contribution >= 4 is 136 Å². The molecule has 15 N–H and O–H groups in total. The Morgan fingerprint density at radius 2 is 1.16 bits per heavy atom. The summed E-state index contributed by atoms with van der Waals surface area (Å²) in [7, 11) is 2.43. The van der Waals surface area contributed by atoms with Crippen molar-refractivity contribution in [3.05, 3.63) is 126 Å². The SMILES string of the molecule is CO[C@H]1C(OP(O)(=S)OC[C@H]2O[C@@H](n3cnc4c(=O)[nH]c(N)nc43)CC2OP(=S)(S)OC[C@H]2O[C@@H](n3cc(C)c(=O)[nH]c3=O)CC2OP(=S)(OCCOCCOCCNC(=O)CCOCCN)OC[C@H]2O[C@@H](n3ccc(N)nc3=O)CC2C(C)C)[C@@H](COP(O)(=S)OC2[C@@H](CO)O[C@@H](n3cc(Br)c(=O)[nH]c3=O)[C@H]2OC)O[C@H]1n1ccc(N)nc1=O. The Bertz CT molecular complexity index is 5210. The minimum absolute atomic E-state index is 0.0187. The zero-order chi connectivity index (χ0) is 86.7. The molecule has 0 aliphatic carbocycles. The van der Waals surface area contributed by atoms with Crippen LogP contribution in [0.4, 0.5) is 17.6 Å². The number of anilines is 3. The highest BCUT2D eigenvalue weighted by atomic mass is 79.9. The first-order valence-corrected chi connectivity index (χ1v) is 49.3. The third-order valence-corrected chi connectivity index (χ3v) is 27.6. The number of aliphatic hydroxyl groups is 1. The Morgan fingerprint density at radius 3 is 1.79 bits per heavy atom. The van der Waals surface area contributed by atoms with Gasteiger partial charge in [-0.15, -0.1) is 0 Å². The molecule has 1 amide bonds. The maximum Gasteiger partial charge on any atom is 0.351 e. The number of hydrogen-bond donors (Lipinski definition) is 12. The molecule has 11 heterocycles. The maximum absolute atomic E-state index is 13.7. The number of nitrogens with two attached hydrogens (primary N) is 4. The van der Waals surface area contributed by atoms with E-state index in [0.29, 0.717) is 19.6 Å². The number of nitrogens with zero attached hydrogens (tertiary/aromatic N) is 9. The van der Waals surface area contributed by atoms with Crippen molar-refractivity contribution in [2.75, 3.05) is 124 Å². The molecule has 5 fully saturated rings. The van der Waals surface area contributed by atoms with Crippen molar-refractivity contribution in [3.63, 3.8) is 0 Å².